The summed E-state index contributed by atoms with van der Waals surface area (Å²) in [5, 5.41) is 0.447. The van der Waals surface area contributed by atoms with Crippen molar-refractivity contribution in [3.8, 4) is 0 Å². The highest BCUT2D eigenvalue weighted by molar-refractivity contribution is 5.79. The van der Waals surface area contributed by atoms with Gasteiger partial charge >= 0.3 is 0 Å². The summed E-state index contributed by atoms with van der Waals surface area (Å²) in [6.07, 6.45) is 5.81. The molecule has 2 aromatic rings. The first-order valence-electron chi connectivity index (χ1n) is 7.01. The third kappa shape index (κ3) is 1.67. The Morgan fingerprint density at radius 2 is 1.95 bits per heavy atom. The number of halogens is 2. The molecule has 0 fully saturated rings. The summed E-state index contributed by atoms with van der Waals surface area (Å²) in [4.78, 5) is 12.8. The van der Waals surface area contributed by atoms with Crippen LogP contribution >= 0.6 is 0 Å². The van der Waals surface area contributed by atoms with Gasteiger partial charge in [0.1, 0.15) is 11.3 Å². The number of rotatable bonds is 0. The second-order valence-corrected chi connectivity index (χ2v) is 5.89. The van der Waals surface area contributed by atoms with Crippen molar-refractivity contribution in [3.63, 3.8) is 0 Å². The minimum absolute atomic E-state index is 0.197. The molecule has 4 rings (SSSR count). The van der Waals surface area contributed by atoms with Crippen LogP contribution in [0.3, 0.4) is 0 Å². The largest absolute Gasteiger partial charge is 0.456 e. The van der Waals surface area contributed by atoms with Crippen LogP contribution in [0.4, 0.5) is 8.78 Å². The van der Waals surface area contributed by atoms with Gasteiger partial charge in [-0.05, 0) is 30.4 Å². The summed E-state index contributed by atoms with van der Waals surface area (Å²) in [6.45, 7) is 1.77. The van der Waals surface area contributed by atoms with E-state index < -0.39 is 23.0 Å². The number of allylic oxidation sites excluding steroid dienone is 5. The van der Waals surface area contributed by atoms with Gasteiger partial charge in [0, 0.05) is 11.3 Å². The fraction of sp³-hybridized carbons (Fsp3) is 0.167. The summed E-state index contributed by atoms with van der Waals surface area (Å²) < 4.78 is 33.1. The van der Waals surface area contributed by atoms with Crippen molar-refractivity contribution in [2.24, 2.45) is 5.41 Å². The number of benzene rings is 1. The van der Waals surface area contributed by atoms with Crippen LogP contribution in [0.1, 0.15) is 24.2 Å². The molecular weight excluding hydrogens is 286 g/mol. The zero-order valence-electron chi connectivity index (χ0n) is 11.8. The van der Waals surface area contributed by atoms with E-state index >= 15 is 0 Å². The highest BCUT2D eigenvalue weighted by atomic mass is 19.2. The number of fused-ring (bicyclic) bond motifs is 4. The minimum Gasteiger partial charge on any atom is -0.456 e. The quantitative estimate of drug-likeness (QED) is 0.710. The van der Waals surface area contributed by atoms with Gasteiger partial charge in [0.05, 0.1) is 10.9 Å². The van der Waals surface area contributed by atoms with E-state index in [1.807, 2.05) is 0 Å². The van der Waals surface area contributed by atoms with Gasteiger partial charge in [-0.3, -0.25) is 4.79 Å². The molecule has 110 valence electrons. The molecule has 2 nitrogen and oxygen atoms in total. The van der Waals surface area contributed by atoms with Crippen LogP contribution in [0.2, 0.25) is 0 Å². The molecular formula is C18H12F2O2. The molecule has 0 N–H and O–H groups in total. The molecule has 0 saturated carbocycles. The third-order valence-corrected chi connectivity index (χ3v) is 4.42. The molecule has 1 heterocycles. The Bertz CT molecular complexity index is 949. The Labute approximate surface area is 125 Å². The van der Waals surface area contributed by atoms with Crippen molar-refractivity contribution in [3.05, 3.63) is 75.7 Å². The van der Waals surface area contributed by atoms with Crippen LogP contribution < -0.4 is 5.43 Å². The van der Waals surface area contributed by atoms with Gasteiger partial charge in [0.2, 0.25) is 0 Å². The SMILES string of the molecule is CC12C=Cc3oc4ccccc4c(=O)c3C1C=C(F)C(F)=C2. The van der Waals surface area contributed by atoms with E-state index in [1.165, 1.54) is 12.2 Å². The highest BCUT2D eigenvalue weighted by Crippen LogP contribution is 2.49. The molecule has 4 heteroatoms. The zero-order chi connectivity index (χ0) is 15.5. The van der Waals surface area contributed by atoms with Crippen molar-refractivity contribution >= 4 is 17.0 Å². The molecule has 2 atom stereocenters. The molecule has 1 aromatic carbocycles. The van der Waals surface area contributed by atoms with Crippen LogP contribution in [0, 0.1) is 5.41 Å². The number of hydrogen-bond acceptors (Lipinski definition) is 2. The summed E-state index contributed by atoms with van der Waals surface area (Å²) in [5.74, 6) is -1.99. The zero-order valence-corrected chi connectivity index (χ0v) is 11.8. The third-order valence-electron chi connectivity index (χ3n) is 4.42. The molecule has 2 aliphatic rings. The van der Waals surface area contributed by atoms with E-state index in [4.69, 9.17) is 4.42 Å². The molecule has 2 unspecified atom stereocenters. The lowest BCUT2D eigenvalue weighted by atomic mass is 9.67. The number of hydrogen-bond donors (Lipinski definition) is 0. The summed E-state index contributed by atoms with van der Waals surface area (Å²) in [7, 11) is 0. The summed E-state index contributed by atoms with van der Waals surface area (Å²) in [6, 6.07) is 6.93. The van der Waals surface area contributed by atoms with E-state index in [0.717, 1.165) is 0 Å². The number of para-hydroxylation sites is 1. The standard InChI is InChI=1S/C18H12F2O2/c1-18-7-6-15-16(11(18)8-12(19)13(20)9-18)17(21)10-4-2-3-5-14(10)22-15/h2-9,11H,1H3. The molecule has 0 radical (unpaired) electrons. The Morgan fingerprint density at radius 1 is 1.18 bits per heavy atom. The maximum Gasteiger partial charge on any atom is 0.197 e. The molecule has 0 amide bonds. The van der Waals surface area contributed by atoms with E-state index in [-0.39, 0.29) is 5.43 Å². The monoisotopic (exact) mass is 298 g/mol. The van der Waals surface area contributed by atoms with Crippen molar-refractivity contribution in [1.29, 1.82) is 0 Å². The van der Waals surface area contributed by atoms with E-state index in [0.29, 0.717) is 22.3 Å². The molecule has 0 aliphatic heterocycles. The lowest BCUT2D eigenvalue weighted by molar-refractivity contribution is 0.411. The normalized spacial score (nSPS) is 26.2. The first kappa shape index (κ1) is 13.2. The smallest absolute Gasteiger partial charge is 0.197 e. The lowest BCUT2D eigenvalue weighted by Gasteiger charge is -2.36. The molecule has 0 bridgehead atoms. The maximum absolute atomic E-state index is 13.7. The van der Waals surface area contributed by atoms with Crippen molar-refractivity contribution in [1.82, 2.24) is 0 Å². The fourth-order valence-corrected chi connectivity index (χ4v) is 3.23. The molecule has 0 saturated heterocycles. The van der Waals surface area contributed by atoms with Gasteiger partial charge in [-0.2, -0.15) is 0 Å². The average molecular weight is 298 g/mol. The molecule has 1 aromatic heterocycles. The topological polar surface area (TPSA) is 30.2 Å². The summed E-state index contributed by atoms with van der Waals surface area (Å²) in [5.41, 5.74) is -0.106. The van der Waals surface area contributed by atoms with Gasteiger partial charge in [0.25, 0.3) is 0 Å². The highest BCUT2D eigenvalue weighted by Gasteiger charge is 2.40. The predicted molar refractivity (Wildman–Crippen MR) is 80.7 cm³/mol. The molecule has 0 spiro atoms. The van der Waals surface area contributed by atoms with Crippen LogP contribution in [0.5, 0.6) is 0 Å². The second kappa shape index (κ2) is 4.26. The maximum atomic E-state index is 13.7. The Balaban J connectivity index is 2.07. The van der Waals surface area contributed by atoms with Gasteiger partial charge < -0.3 is 4.42 Å². The van der Waals surface area contributed by atoms with Crippen molar-refractivity contribution in [2.75, 3.05) is 0 Å². The van der Waals surface area contributed by atoms with Crippen LogP contribution in [-0.4, -0.2) is 0 Å². The van der Waals surface area contributed by atoms with Gasteiger partial charge in [-0.1, -0.05) is 25.1 Å². The summed E-state index contributed by atoms with van der Waals surface area (Å²) >= 11 is 0. The average Bonchev–Trinajstić information content (AvgIpc) is 2.49. The van der Waals surface area contributed by atoms with E-state index in [2.05, 4.69) is 0 Å². The van der Waals surface area contributed by atoms with E-state index in [9.17, 15) is 13.6 Å². The first-order chi connectivity index (χ1) is 10.5. The first-order valence-corrected chi connectivity index (χ1v) is 7.01. The van der Waals surface area contributed by atoms with Gasteiger partial charge in [0.15, 0.2) is 17.1 Å². The fourth-order valence-electron chi connectivity index (χ4n) is 3.23. The van der Waals surface area contributed by atoms with Crippen LogP contribution in [0.15, 0.2) is 63.4 Å². The molecule has 2 aliphatic carbocycles. The predicted octanol–water partition coefficient (Wildman–Crippen LogP) is 4.63. The van der Waals surface area contributed by atoms with Gasteiger partial charge in [-0.15, -0.1) is 0 Å². The second-order valence-electron chi connectivity index (χ2n) is 5.89. The van der Waals surface area contributed by atoms with Crippen molar-refractivity contribution in [2.45, 2.75) is 12.8 Å². The van der Waals surface area contributed by atoms with Gasteiger partial charge in [-0.25, -0.2) is 8.78 Å². The van der Waals surface area contributed by atoms with Crippen LogP contribution in [-0.2, 0) is 0 Å². The Morgan fingerprint density at radius 3 is 2.77 bits per heavy atom. The van der Waals surface area contributed by atoms with E-state index in [1.54, 1.807) is 43.3 Å². The Hall–Kier alpha value is -2.49. The minimum atomic E-state index is -0.934. The Kier molecular flexibility index (Phi) is 2.55. The molecule has 22 heavy (non-hydrogen) atoms. The van der Waals surface area contributed by atoms with Crippen molar-refractivity contribution < 1.29 is 13.2 Å². The lowest BCUT2D eigenvalue weighted by Crippen LogP contribution is -2.30. The van der Waals surface area contributed by atoms with Crippen LogP contribution in [0.25, 0.3) is 17.0 Å².